The van der Waals surface area contributed by atoms with Gasteiger partial charge in [0.05, 0.1) is 5.69 Å². The van der Waals surface area contributed by atoms with Gasteiger partial charge in [0, 0.05) is 12.1 Å². The van der Waals surface area contributed by atoms with E-state index in [1.165, 1.54) is 18.2 Å². The first-order chi connectivity index (χ1) is 8.54. The highest BCUT2D eigenvalue weighted by Crippen LogP contribution is 2.16. The Bertz CT molecular complexity index is 451. The van der Waals surface area contributed by atoms with E-state index in [1.807, 2.05) is 6.92 Å². The smallest absolute Gasteiger partial charge is 0.319 e. The molecule has 0 spiro atoms. The van der Waals surface area contributed by atoms with Crippen molar-refractivity contribution in [3.8, 4) is 0 Å². The minimum atomic E-state index is -0.449. The maximum Gasteiger partial charge on any atom is 0.319 e. The van der Waals surface area contributed by atoms with Crippen molar-refractivity contribution < 1.29 is 9.18 Å². The van der Waals surface area contributed by atoms with E-state index in [4.69, 9.17) is 18.0 Å². The molecule has 1 rings (SSSR count). The van der Waals surface area contributed by atoms with Gasteiger partial charge in [0.15, 0.2) is 0 Å². The number of hydrogen-bond donors (Lipinski definition) is 3. The molecule has 1 aromatic rings. The number of halogens is 1. The van der Waals surface area contributed by atoms with Crippen LogP contribution in [0.1, 0.15) is 25.3 Å². The Kier molecular flexibility index (Phi) is 5.51. The van der Waals surface area contributed by atoms with E-state index in [-0.39, 0.29) is 11.0 Å². The lowest BCUT2D eigenvalue weighted by atomic mass is 10.1. The van der Waals surface area contributed by atoms with E-state index >= 15 is 0 Å². The van der Waals surface area contributed by atoms with E-state index in [1.54, 1.807) is 0 Å². The van der Waals surface area contributed by atoms with Crippen LogP contribution in [0.15, 0.2) is 18.2 Å². The summed E-state index contributed by atoms with van der Waals surface area (Å²) in [6.45, 7) is 2.62. The summed E-state index contributed by atoms with van der Waals surface area (Å²) >= 11 is 4.81. The monoisotopic (exact) mass is 269 g/mol. The van der Waals surface area contributed by atoms with Crippen molar-refractivity contribution in [2.75, 3.05) is 11.9 Å². The van der Waals surface area contributed by atoms with Crippen LogP contribution < -0.4 is 16.4 Å². The molecule has 0 aromatic heterocycles. The molecule has 0 saturated heterocycles. The number of amides is 2. The second-order valence-corrected chi connectivity index (χ2v) is 4.23. The molecule has 6 heteroatoms. The number of hydrogen-bond acceptors (Lipinski definition) is 2. The first-order valence-electron chi connectivity index (χ1n) is 5.68. The zero-order chi connectivity index (χ0) is 13.5. The Hall–Kier alpha value is -1.69. The van der Waals surface area contributed by atoms with Gasteiger partial charge in [-0.3, -0.25) is 0 Å². The molecule has 0 radical (unpaired) electrons. The van der Waals surface area contributed by atoms with Gasteiger partial charge in [-0.25, -0.2) is 9.18 Å². The fourth-order valence-electron chi connectivity index (χ4n) is 1.37. The molecule has 0 aliphatic heterocycles. The molecule has 0 saturated carbocycles. The van der Waals surface area contributed by atoms with Gasteiger partial charge in [-0.15, -0.1) is 0 Å². The highest BCUT2D eigenvalue weighted by Gasteiger charge is 2.09. The zero-order valence-electron chi connectivity index (χ0n) is 10.1. The minimum Gasteiger partial charge on any atom is -0.389 e. The van der Waals surface area contributed by atoms with Crippen molar-refractivity contribution in [2.45, 2.75) is 19.8 Å². The number of benzene rings is 1. The van der Waals surface area contributed by atoms with Gasteiger partial charge < -0.3 is 16.4 Å². The number of nitrogens with one attached hydrogen (secondary N) is 2. The fraction of sp³-hybridized carbons (Fsp3) is 0.333. The van der Waals surface area contributed by atoms with Crippen LogP contribution in [0.3, 0.4) is 0 Å². The lowest BCUT2D eigenvalue weighted by Gasteiger charge is -2.11. The SMILES string of the molecule is CCCCNC(=O)Nc1ccc(F)cc1C(N)=S. The van der Waals surface area contributed by atoms with Crippen LogP contribution in [-0.4, -0.2) is 17.6 Å². The third-order valence-electron chi connectivity index (χ3n) is 2.31. The molecular weight excluding hydrogens is 253 g/mol. The summed E-state index contributed by atoms with van der Waals surface area (Å²) in [6.07, 6.45) is 1.90. The lowest BCUT2D eigenvalue weighted by Crippen LogP contribution is -2.30. The van der Waals surface area contributed by atoms with Crippen molar-refractivity contribution in [1.29, 1.82) is 0 Å². The van der Waals surface area contributed by atoms with E-state index in [0.717, 1.165) is 12.8 Å². The maximum absolute atomic E-state index is 13.0. The van der Waals surface area contributed by atoms with Crippen LogP contribution in [-0.2, 0) is 0 Å². The van der Waals surface area contributed by atoms with Crippen LogP contribution >= 0.6 is 12.2 Å². The molecule has 0 aliphatic rings. The van der Waals surface area contributed by atoms with E-state index in [9.17, 15) is 9.18 Å². The van der Waals surface area contributed by atoms with E-state index in [2.05, 4.69) is 10.6 Å². The molecule has 0 bridgehead atoms. The van der Waals surface area contributed by atoms with Crippen molar-refractivity contribution in [2.24, 2.45) is 5.73 Å². The third kappa shape index (κ3) is 4.29. The first kappa shape index (κ1) is 14.4. The Morgan fingerprint density at radius 3 is 2.83 bits per heavy atom. The first-order valence-corrected chi connectivity index (χ1v) is 6.09. The maximum atomic E-state index is 13.0. The summed E-state index contributed by atoms with van der Waals surface area (Å²) in [5.41, 5.74) is 6.19. The normalized spacial score (nSPS) is 9.89. The second-order valence-electron chi connectivity index (χ2n) is 3.79. The van der Waals surface area contributed by atoms with Gasteiger partial charge in [-0.05, 0) is 24.6 Å². The fourth-order valence-corrected chi connectivity index (χ4v) is 1.54. The van der Waals surface area contributed by atoms with Crippen LogP contribution in [0.4, 0.5) is 14.9 Å². The molecule has 2 amide bonds. The molecule has 18 heavy (non-hydrogen) atoms. The van der Waals surface area contributed by atoms with Crippen LogP contribution in [0, 0.1) is 5.82 Å². The number of thiocarbonyl (C=S) groups is 1. The molecule has 0 fully saturated rings. The summed E-state index contributed by atoms with van der Waals surface area (Å²) < 4.78 is 13.0. The molecule has 0 unspecified atom stereocenters. The predicted molar refractivity (Wildman–Crippen MR) is 74.2 cm³/mol. The summed E-state index contributed by atoms with van der Waals surface area (Å²) in [5, 5.41) is 5.28. The van der Waals surface area contributed by atoms with Gasteiger partial charge in [0.1, 0.15) is 10.8 Å². The number of anilines is 1. The highest BCUT2D eigenvalue weighted by atomic mass is 32.1. The summed E-state index contributed by atoms with van der Waals surface area (Å²) in [7, 11) is 0. The van der Waals surface area contributed by atoms with Gasteiger partial charge in [0.2, 0.25) is 0 Å². The van der Waals surface area contributed by atoms with E-state index in [0.29, 0.717) is 17.8 Å². The van der Waals surface area contributed by atoms with Crippen molar-refractivity contribution in [3.63, 3.8) is 0 Å². The molecule has 4 nitrogen and oxygen atoms in total. The summed E-state index contributed by atoms with van der Waals surface area (Å²) in [5.74, 6) is -0.449. The Labute approximate surface area is 111 Å². The van der Waals surface area contributed by atoms with Crippen molar-refractivity contribution in [1.82, 2.24) is 5.32 Å². The standard InChI is InChI=1S/C12H16FN3OS/c1-2-3-6-15-12(17)16-10-5-4-8(13)7-9(10)11(14)18/h4-5,7H,2-3,6H2,1H3,(H2,14,18)(H2,15,16,17). The van der Waals surface area contributed by atoms with E-state index < -0.39 is 5.82 Å². The largest absolute Gasteiger partial charge is 0.389 e. The van der Waals surface area contributed by atoms with Gasteiger partial charge in [-0.1, -0.05) is 25.6 Å². The minimum absolute atomic E-state index is 0.0401. The van der Waals surface area contributed by atoms with Gasteiger partial charge in [0.25, 0.3) is 0 Å². The number of nitrogens with two attached hydrogens (primary N) is 1. The Balaban J connectivity index is 2.72. The molecule has 98 valence electrons. The molecule has 0 atom stereocenters. The van der Waals surface area contributed by atoms with Gasteiger partial charge >= 0.3 is 6.03 Å². The van der Waals surface area contributed by atoms with Crippen molar-refractivity contribution >= 4 is 28.9 Å². The van der Waals surface area contributed by atoms with Crippen LogP contribution in [0.5, 0.6) is 0 Å². The quantitative estimate of drug-likeness (QED) is 0.568. The Morgan fingerprint density at radius 1 is 1.50 bits per heavy atom. The average molecular weight is 269 g/mol. The summed E-state index contributed by atoms with van der Waals surface area (Å²) in [6, 6.07) is 3.52. The molecule has 0 heterocycles. The average Bonchev–Trinajstić information content (AvgIpc) is 2.31. The van der Waals surface area contributed by atoms with Gasteiger partial charge in [-0.2, -0.15) is 0 Å². The molecule has 1 aromatic carbocycles. The highest BCUT2D eigenvalue weighted by molar-refractivity contribution is 7.80. The number of carbonyl (C=O) groups excluding carboxylic acids is 1. The topological polar surface area (TPSA) is 67.2 Å². The van der Waals surface area contributed by atoms with Crippen molar-refractivity contribution in [3.05, 3.63) is 29.6 Å². The predicted octanol–water partition coefficient (Wildman–Crippen LogP) is 2.38. The number of unbranched alkanes of at least 4 members (excludes halogenated alkanes) is 1. The Morgan fingerprint density at radius 2 is 2.22 bits per heavy atom. The third-order valence-corrected chi connectivity index (χ3v) is 2.53. The van der Waals surface area contributed by atoms with Crippen LogP contribution in [0.2, 0.25) is 0 Å². The molecule has 4 N–H and O–H groups in total. The van der Waals surface area contributed by atoms with Crippen LogP contribution in [0.25, 0.3) is 0 Å². The zero-order valence-corrected chi connectivity index (χ0v) is 10.9. The number of rotatable bonds is 5. The lowest BCUT2D eigenvalue weighted by molar-refractivity contribution is 0.252. The molecular formula is C12H16FN3OS. The number of urea groups is 1. The molecule has 0 aliphatic carbocycles. The second kappa shape index (κ2) is 6.90. The number of carbonyl (C=O) groups is 1. The summed E-state index contributed by atoms with van der Waals surface area (Å²) in [4.78, 5) is 11.6.